The molecule has 2 heterocycles. The van der Waals surface area contributed by atoms with E-state index in [0.29, 0.717) is 0 Å². The van der Waals surface area contributed by atoms with E-state index < -0.39 is 36.0 Å². The van der Waals surface area contributed by atoms with E-state index in [1.165, 1.54) is 11.8 Å². The summed E-state index contributed by atoms with van der Waals surface area (Å²) in [7, 11) is 1.37. The lowest BCUT2D eigenvalue weighted by Gasteiger charge is -2.46. The molecule has 2 rings (SSSR count). The molecule has 0 aliphatic carbocycles. The van der Waals surface area contributed by atoms with Gasteiger partial charge in [-0.1, -0.05) is 6.92 Å². The van der Waals surface area contributed by atoms with Crippen molar-refractivity contribution in [3.8, 4) is 0 Å². The van der Waals surface area contributed by atoms with Gasteiger partial charge in [-0.3, -0.25) is 9.59 Å². The maximum atomic E-state index is 12.1. The molecule has 0 aromatic heterocycles. The lowest BCUT2D eigenvalue weighted by atomic mass is 9.79. The molecule has 9 heteroatoms. The van der Waals surface area contributed by atoms with Crippen LogP contribution in [-0.4, -0.2) is 53.8 Å². The number of ketones is 1. The minimum atomic E-state index is -1.15. The molecule has 7 nitrogen and oxygen atoms in total. The van der Waals surface area contributed by atoms with Gasteiger partial charge in [0.1, 0.15) is 8.96 Å². The average Bonchev–Trinajstić information content (AvgIpc) is 2.57. The molecule has 6 atom stereocenters. The van der Waals surface area contributed by atoms with Crippen LogP contribution in [0.15, 0.2) is 0 Å². The molecule has 2 saturated heterocycles. The van der Waals surface area contributed by atoms with Crippen LogP contribution in [0.2, 0.25) is 0 Å². The van der Waals surface area contributed by atoms with Crippen molar-refractivity contribution in [3.63, 3.8) is 0 Å². The van der Waals surface area contributed by atoms with Crippen molar-refractivity contribution >= 4 is 34.6 Å². The van der Waals surface area contributed by atoms with Gasteiger partial charge in [-0.05, 0) is 6.92 Å². The smallest absolute Gasteiger partial charge is 0.340 e. The van der Waals surface area contributed by atoms with E-state index in [1.807, 2.05) is 0 Å². The zero-order valence-corrected chi connectivity index (χ0v) is 11.9. The Kier molecular flexibility index (Phi) is 3.94. The topological polar surface area (TPSA) is 95.9 Å². The maximum absolute atomic E-state index is 12.1. The largest absolute Gasteiger partial charge is 0.431 e. The lowest BCUT2D eigenvalue weighted by Crippen LogP contribution is -2.65. The minimum Gasteiger partial charge on any atom is -0.431 e. The van der Waals surface area contributed by atoms with Crippen LogP contribution in [0.1, 0.15) is 13.8 Å². The summed E-state index contributed by atoms with van der Waals surface area (Å²) >= 11 is 0. The van der Waals surface area contributed by atoms with E-state index in [1.54, 1.807) is 14.9 Å². The van der Waals surface area contributed by atoms with E-state index in [4.69, 9.17) is 4.52 Å². The van der Waals surface area contributed by atoms with Crippen molar-refractivity contribution in [2.24, 2.45) is 11.8 Å². The molecule has 0 saturated carbocycles. The highest BCUT2D eigenvalue weighted by Crippen LogP contribution is 2.43. The van der Waals surface area contributed by atoms with Gasteiger partial charge < -0.3 is 19.5 Å². The first kappa shape index (κ1) is 14.4. The number of β-lactam (4-membered cyclic amide) rings is 1. The van der Waals surface area contributed by atoms with Crippen molar-refractivity contribution in [1.29, 1.82) is 0 Å². The van der Waals surface area contributed by atoms with Gasteiger partial charge in [-0.25, -0.2) is 4.79 Å². The number of nitrogens with zero attached hydrogens (tertiary/aromatic N) is 1. The Bertz CT molecular complexity index is 432. The highest BCUT2D eigenvalue weighted by molar-refractivity contribution is 7.32. The van der Waals surface area contributed by atoms with Crippen LogP contribution < -0.4 is 5.00 Å². The van der Waals surface area contributed by atoms with Gasteiger partial charge in [-0.2, -0.15) is 0 Å². The first-order chi connectivity index (χ1) is 8.91. The third-order valence-corrected chi connectivity index (χ3v) is 4.24. The average molecular weight is 286 g/mol. The molecule has 2 N–H and O–H groups in total. The highest BCUT2D eigenvalue weighted by atomic mass is 31.1. The second kappa shape index (κ2) is 5.19. The fourth-order valence-electron chi connectivity index (χ4n) is 2.84. The van der Waals surface area contributed by atoms with Crippen molar-refractivity contribution < 1.29 is 24.0 Å². The molecule has 0 spiro atoms. The number of aliphatic hydroxyl groups is 1. The normalized spacial score (nSPS) is 35.4. The van der Waals surface area contributed by atoms with Crippen LogP contribution in [0, 0.1) is 11.8 Å². The number of Topliss-reactive ketones (excluding diaryl/α,β-unsaturated/α-hetero) is 1. The molecular formula is C10H16BN2O5P. The van der Waals surface area contributed by atoms with E-state index in [-0.39, 0.29) is 20.6 Å². The second-order valence-electron chi connectivity index (χ2n) is 4.87. The Labute approximate surface area is 113 Å². The monoisotopic (exact) mass is 286 g/mol. The Morgan fingerprint density at radius 1 is 1.58 bits per heavy atom. The second-order valence-corrected chi connectivity index (χ2v) is 5.78. The van der Waals surface area contributed by atoms with Crippen LogP contribution >= 0.6 is 8.96 Å². The molecule has 104 valence electrons. The standard InChI is InChI=1S/C10H16BN2O5P/c1-3-6-5(4(2)14)9(16)13(6)7(8(3)15)10(17)18-19-12-11/h3-7,12,14,19H,11H2,1-2H3. The van der Waals surface area contributed by atoms with Crippen LogP contribution in [0.3, 0.4) is 0 Å². The Morgan fingerprint density at radius 2 is 2.21 bits per heavy atom. The van der Waals surface area contributed by atoms with Gasteiger partial charge in [0, 0.05) is 5.92 Å². The number of hydrogen-bond acceptors (Lipinski definition) is 6. The number of fused-ring (bicyclic) bond motifs is 1. The van der Waals surface area contributed by atoms with Crippen molar-refractivity contribution in [1.82, 2.24) is 9.90 Å². The Morgan fingerprint density at radius 3 is 2.74 bits per heavy atom. The Balaban J connectivity index is 2.18. The van der Waals surface area contributed by atoms with E-state index >= 15 is 0 Å². The minimum absolute atomic E-state index is 0.248. The zero-order chi connectivity index (χ0) is 14.3. The number of aliphatic hydroxyl groups excluding tert-OH is 1. The summed E-state index contributed by atoms with van der Waals surface area (Å²) in [6.45, 7) is 3.20. The molecule has 2 fully saturated rings. The molecule has 0 aromatic carbocycles. The zero-order valence-electron chi connectivity index (χ0n) is 10.9. The predicted octanol–water partition coefficient (Wildman–Crippen LogP) is -2.03. The number of carbonyl (C=O) groups is 3. The SMILES string of the molecule is BNPOC(=O)C1C(=O)C(C)C2C(C(C)O)C(=O)N12. The fourth-order valence-corrected chi connectivity index (χ4v) is 3.15. The number of hydrogen-bond donors (Lipinski definition) is 2. The predicted molar refractivity (Wildman–Crippen MR) is 69.9 cm³/mol. The fraction of sp³-hybridized carbons (Fsp3) is 0.700. The van der Waals surface area contributed by atoms with Gasteiger partial charge >= 0.3 is 5.97 Å². The summed E-state index contributed by atoms with van der Waals surface area (Å²) < 4.78 is 4.89. The maximum Gasteiger partial charge on any atom is 0.340 e. The van der Waals surface area contributed by atoms with E-state index in [9.17, 15) is 19.5 Å². The molecule has 1 amide bonds. The summed E-state index contributed by atoms with van der Waals surface area (Å²) in [6, 6.07) is -1.54. The Hall–Kier alpha value is -0.975. The summed E-state index contributed by atoms with van der Waals surface area (Å²) in [5.41, 5.74) is 0. The molecule has 0 aromatic rings. The van der Waals surface area contributed by atoms with Gasteiger partial charge in [0.05, 0.1) is 18.1 Å². The lowest BCUT2D eigenvalue weighted by molar-refractivity contribution is -0.170. The molecular weight excluding hydrogens is 270 g/mol. The molecule has 0 bridgehead atoms. The number of carbonyl (C=O) groups excluding carboxylic acids is 3. The molecule has 6 unspecified atom stereocenters. The first-order valence-electron chi connectivity index (χ1n) is 6.08. The van der Waals surface area contributed by atoms with E-state index in [2.05, 4.69) is 5.00 Å². The first-order valence-corrected chi connectivity index (χ1v) is 6.99. The van der Waals surface area contributed by atoms with Crippen LogP contribution in [0.25, 0.3) is 0 Å². The van der Waals surface area contributed by atoms with Gasteiger partial charge in [0.2, 0.25) is 5.91 Å². The van der Waals surface area contributed by atoms with Crippen molar-refractivity contribution in [2.75, 3.05) is 0 Å². The summed E-state index contributed by atoms with van der Waals surface area (Å²) in [5, 5.41) is 9.58. The van der Waals surface area contributed by atoms with Crippen molar-refractivity contribution in [2.45, 2.75) is 32.0 Å². The number of nitrogens with one attached hydrogen (secondary N) is 1. The highest BCUT2D eigenvalue weighted by Gasteiger charge is 2.64. The van der Waals surface area contributed by atoms with Crippen molar-refractivity contribution in [3.05, 3.63) is 0 Å². The molecule has 0 radical (unpaired) electrons. The van der Waals surface area contributed by atoms with Gasteiger partial charge in [-0.15, -0.1) is 0 Å². The van der Waals surface area contributed by atoms with Gasteiger partial charge in [0.15, 0.2) is 19.8 Å². The quantitative estimate of drug-likeness (QED) is 0.268. The third kappa shape index (κ3) is 2.08. The summed E-state index contributed by atoms with van der Waals surface area (Å²) in [5.74, 6) is -2.42. The van der Waals surface area contributed by atoms with Crippen LogP contribution in [0.4, 0.5) is 0 Å². The van der Waals surface area contributed by atoms with E-state index in [0.717, 1.165) is 0 Å². The summed E-state index contributed by atoms with van der Waals surface area (Å²) in [6.07, 6.45) is -0.821. The van der Waals surface area contributed by atoms with Crippen LogP contribution in [-0.2, 0) is 18.9 Å². The molecule has 2 aliphatic rings. The third-order valence-electron chi connectivity index (χ3n) is 3.73. The summed E-state index contributed by atoms with van der Waals surface area (Å²) in [4.78, 5) is 39.8. The molecule has 19 heavy (non-hydrogen) atoms. The number of rotatable bonds is 4. The van der Waals surface area contributed by atoms with Crippen LogP contribution in [0.5, 0.6) is 0 Å². The number of amides is 1. The molecule has 2 aliphatic heterocycles. The van der Waals surface area contributed by atoms with Gasteiger partial charge in [0.25, 0.3) is 0 Å².